The first-order valence-electron chi connectivity index (χ1n) is 12.3. The van der Waals surface area contributed by atoms with Gasteiger partial charge in [0.1, 0.15) is 23.9 Å². The van der Waals surface area contributed by atoms with Crippen molar-refractivity contribution < 1.29 is 33.3 Å². The maximum absolute atomic E-state index is 12.5. The summed E-state index contributed by atoms with van der Waals surface area (Å²) in [7, 11) is 3.01. The van der Waals surface area contributed by atoms with Crippen LogP contribution in [0.1, 0.15) is 21.5 Å². The van der Waals surface area contributed by atoms with Crippen molar-refractivity contribution in [3.8, 4) is 28.7 Å². The Balaban J connectivity index is 1.19. The van der Waals surface area contributed by atoms with Crippen LogP contribution in [0.4, 0.5) is 0 Å². The molecule has 0 spiro atoms. The summed E-state index contributed by atoms with van der Waals surface area (Å²) >= 11 is 0. The van der Waals surface area contributed by atoms with Crippen molar-refractivity contribution in [2.75, 3.05) is 20.8 Å². The highest BCUT2D eigenvalue weighted by molar-refractivity contribution is 5.92. The molecule has 0 aliphatic heterocycles. The van der Waals surface area contributed by atoms with E-state index in [4.69, 9.17) is 23.7 Å². The van der Waals surface area contributed by atoms with Gasteiger partial charge < -0.3 is 23.7 Å². The second-order valence-electron chi connectivity index (χ2n) is 8.36. The van der Waals surface area contributed by atoms with Crippen LogP contribution in [0.3, 0.4) is 0 Å². The van der Waals surface area contributed by atoms with E-state index in [1.165, 1.54) is 20.4 Å². The Kier molecular flexibility index (Phi) is 9.71. The first-order valence-corrected chi connectivity index (χ1v) is 12.3. The highest BCUT2D eigenvalue weighted by Gasteiger charge is 2.13. The van der Waals surface area contributed by atoms with Crippen LogP contribution < -0.4 is 29.1 Å². The van der Waals surface area contributed by atoms with Crippen LogP contribution in [0.25, 0.3) is 0 Å². The lowest BCUT2D eigenvalue weighted by Crippen LogP contribution is -2.24. The van der Waals surface area contributed by atoms with Gasteiger partial charge in [-0.15, -0.1) is 0 Å². The van der Waals surface area contributed by atoms with Gasteiger partial charge in [0, 0.05) is 0 Å². The van der Waals surface area contributed by atoms with Crippen molar-refractivity contribution in [2.45, 2.75) is 6.61 Å². The van der Waals surface area contributed by atoms with Gasteiger partial charge in [0.05, 0.1) is 26.0 Å². The Morgan fingerprint density at radius 2 is 1.40 bits per heavy atom. The zero-order valence-electron chi connectivity index (χ0n) is 22.0. The molecule has 0 radical (unpaired) electrons. The van der Waals surface area contributed by atoms with Gasteiger partial charge in [-0.3, -0.25) is 4.79 Å². The average molecular weight is 541 g/mol. The summed E-state index contributed by atoms with van der Waals surface area (Å²) in [6.07, 6.45) is 1.47. The maximum atomic E-state index is 12.5. The van der Waals surface area contributed by atoms with Crippen molar-refractivity contribution in [3.05, 3.63) is 114 Å². The van der Waals surface area contributed by atoms with E-state index in [-0.39, 0.29) is 6.61 Å². The van der Waals surface area contributed by atoms with Crippen molar-refractivity contribution in [2.24, 2.45) is 5.10 Å². The van der Waals surface area contributed by atoms with Crippen LogP contribution in [0.2, 0.25) is 0 Å². The predicted molar refractivity (Wildman–Crippen MR) is 149 cm³/mol. The van der Waals surface area contributed by atoms with Crippen LogP contribution >= 0.6 is 0 Å². The number of esters is 1. The van der Waals surface area contributed by atoms with Crippen LogP contribution in [0, 0.1) is 0 Å². The molecule has 0 atom stereocenters. The average Bonchev–Trinajstić information content (AvgIpc) is 3.00. The minimum atomic E-state index is -0.538. The molecule has 0 saturated carbocycles. The summed E-state index contributed by atoms with van der Waals surface area (Å²) in [4.78, 5) is 24.5. The van der Waals surface area contributed by atoms with E-state index in [0.717, 1.165) is 5.56 Å². The molecule has 0 bridgehead atoms. The number of hydrogen-bond donors (Lipinski definition) is 1. The summed E-state index contributed by atoms with van der Waals surface area (Å²) in [5, 5.41) is 3.94. The number of carbonyl (C=O) groups excluding carboxylic acids is 2. The maximum Gasteiger partial charge on any atom is 0.343 e. The number of nitrogens with zero attached hydrogens (tertiary/aromatic N) is 1. The number of amides is 1. The summed E-state index contributed by atoms with van der Waals surface area (Å²) in [6, 6.07) is 28.3. The first-order chi connectivity index (χ1) is 19.5. The molecule has 4 aromatic carbocycles. The third kappa shape index (κ3) is 8.09. The summed E-state index contributed by atoms with van der Waals surface area (Å²) in [5.74, 6) is 1.57. The summed E-state index contributed by atoms with van der Waals surface area (Å²) in [6.45, 7) is 0.265. The second-order valence-corrected chi connectivity index (χ2v) is 8.36. The number of hydrazone groups is 1. The molecular weight excluding hydrogens is 512 g/mol. The molecule has 0 aliphatic rings. The van der Waals surface area contributed by atoms with Gasteiger partial charge in [-0.25, -0.2) is 10.2 Å². The first kappa shape index (κ1) is 27.7. The largest absolute Gasteiger partial charge is 0.493 e. The van der Waals surface area contributed by atoms with Crippen LogP contribution in [0.15, 0.2) is 102 Å². The molecule has 40 heavy (non-hydrogen) atoms. The number of methoxy groups -OCH3 is 2. The molecule has 0 saturated heterocycles. The Morgan fingerprint density at radius 1 is 0.750 bits per heavy atom. The van der Waals surface area contributed by atoms with Gasteiger partial charge in [-0.2, -0.15) is 5.10 Å². The fraction of sp³-hybridized carbons (Fsp3) is 0.129. The molecule has 0 heterocycles. The number of carbonyl (C=O) groups is 2. The molecule has 1 N–H and O–H groups in total. The highest BCUT2D eigenvalue weighted by atomic mass is 16.5. The van der Waals surface area contributed by atoms with E-state index in [2.05, 4.69) is 10.5 Å². The highest BCUT2D eigenvalue weighted by Crippen LogP contribution is 2.28. The number of nitrogens with one attached hydrogen (secondary N) is 1. The Hall–Kier alpha value is -5.31. The summed E-state index contributed by atoms with van der Waals surface area (Å²) in [5.41, 5.74) is 4.50. The molecule has 204 valence electrons. The monoisotopic (exact) mass is 540 g/mol. The topological polar surface area (TPSA) is 105 Å². The molecule has 0 fully saturated rings. The zero-order valence-corrected chi connectivity index (χ0v) is 22.0. The van der Waals surface area contributed by atoms with Gasteiger partial charge in [-0.05, 0) is 77.9 Å². The molecule has 0 unspecified atom stereocenters. The Bertz CT molecular complexity index is 1440. The molecule has 0 aliphatic carbocycles. The van der Waals surface area contributed by atoms with E-state index in [1.807, 2.05) is 30.3 Å². The quantitative estimate of drug-likeness (QED) is 0.116. The van der Waals surface area contributed by atoms with E-state index in [0.29, 0.717) is 46.5 Å². The summed E-state index contributed by atoms with van der Waals surface area (Å²) < 4.78 is 27.1. The minimum Gasteiger partial charge on any atom is -0.493 e. The lowest BCUT2D eigenvalue weighted by molar-refractivity contribution is -0.123. The van der Waals surface area contributed by atoms with Gasteiger partial charge >= 0.3 is 5.97 Å². The molecule has 1 amide bonds. The van der Waals surface area contributed by atoms with Crippen molar-refractivity contribution >= 4 is 18.1 Å². The number of rotatable bonds is 12. The number of ether oxygens (including phenoxy) is 5. The molecular formula is C31H28N2O7. The fourth-order valence-corrected chi connectivity index (χ4v) is 3.48. The second kappa shape index (κ2) is 14.0. The normalized spacial score (nSPS) is 10.6. The lowest BCUT2D eigenvalue weighted by atomic mass is 10.2. The van der Waals surface area contributed by atoms with Crippen molar-refractivity contribution in [1.29, 1.82) is 0 Å². The van der Waals surface area contributed by atoms with E-state index >= 15 is 0 Å². The Labute approximate surface area is 231 Å². The molecule has 4 aromatic rings. The van der Waals surface area contributed by atoms with Gasteiger partial charge in [0.25, 0.3) is 5.91 Å². The van der Waals surface area contributed by atoms with Crippen LogP contribution in [-0.4, -0.2) is 38.9 Å². The van der Waals surface area contributed by atoms with Crippen LogP contribution in [0.5, 0.6) is 28.7 Å². The predicted octanol–water partition coefficient (Wildman–Crippen LogP) is 5.03. The Morgan fingerprint density at radius 3 is 2.08 bits per heavy atom. The number of hydrogen-bond acceptors (Lipinski definition) is 8. The van der Waals surface area contributed by atoms with Gasteiger partial charge in [-0.1, -0.05) is 30.3 Å². The fourth-order valence-electron chi connectivity index (χ4n) is 3.48. The van der Waals surface area contributed by atoms with Gasteiger partial charge in [0.15, 0.2) is 18.1 Å². The van der Waals surface area contributed by atoms with E-state index in [9.17, 15) is 9.59 Å². The molecule has 9 nitrogen and oxygen atoms in total. The molecule has 4 rings (SSSR count). The smallest absolute Gasteiger partial charge is 0.343 e. The zero-order chi connectivity index (χ0) is 28.2. The minimum absolute atomic E-state index is 0.202. The lowest BCUT2D eigenvalue weighted by Gasteiger charge is -2.09. The van der Waals surface area contributed by atoms with Crippen LogP contribution in [-0.2, 0) is 11.4 Å². The molecule has 9 heteroatoms. The van der Waals surface area contributed by atoms with Gasteiger partial charge in [0.2, 0.25) is 0 Å². The number of benzene rings is 4. The standard InChI is InChI=1S/C31H28N2O7/c1-36-28-17-10-24(18-29(28)37-2)31(35)40-27-11-8-22(9-12-27)19-32-33-30(34)21-39-26-15-13-25(14-16-26)38-20-23-6-4-3-5-7-23/h3-19H,20-21H2,1-2H3,(H,33,34). The third-order valence-corrected chi connectivity index (χ3v) is 5.55. The van der Waals surface area contributed by atoms with Crippen molar-refractivity contribution in [1.82, 2.24) is 5.43 Å². The van der Waals surface area contributed by atoms with Crippen molar-refractivity contribution in [3.63, 3.8) is 0 Å². The third-order valence-electron chi connectivity index (χ3n) is 5.55. The molecule has 0 aromatic heterocycles. The van der Waals surface area contributed by atoms with E-state index < -0.39 is 11.9 Å². The SMILES string of the molecule is COc1ccc(C(=O)Oc2ccc(C=NNC(=O)COc3ccc(OCc4ccccc4)cc3)cc2)cc1OC. The van der Waals surface area contributed by atoms with E-state index in [1.54, 1.807) is 66.7 Å².